The molecule has 7 nitrogen and oxygen atoms in total. The first-order valence-corrected chi connectivity index (χ1v) is 9.74. The van der Waals surface area contributed by atoms with E-state index >= 15 is 0 Å². The molecule has 26 heavy (non-hydrogen) atoms. The number of aryl methyl sites for hydroxylation is 2. The lowest BCUT2D eigenvalue weighted by molar-refractivity contribution is 0.294. The molecule has 1 aromatic carbocycles. The van der Waals surface area contributed by atoms with Gasteiger partial charge in [-0.25, -0.2) is 8.42 Å². The van der Waals surface area contributed by atoms with Gasteiger partial charge in [0.2, 0.25) is 10.0 Å². The summed E-state index contributed by atoms with van der Waals surface area (Å²) in [6.07, 6.45) is 0. The third-order valence-corrected chi connectivity index (χ3v) is 6.86. The smallest absolute Gasteiger partial charge is 0.248 e. The molecule has 3 rings (SSSR count). The first-order chi connectivity index (χ1) is 12.1. The monoisotopic (exact) mass is 380 g/mol. The van der Waals surface area contributed by atoms with Crippen LogP contribution in [-0.4, -0.2) is 38.6 Å². The fourth-order valence-corrected chi connectivity index (χ4v) is 5.47. The molecule has 2 aromatic rings. The Balaban J connectivity index is 2.10. The minimum atomic E-state index is -3.72. The first kappa shape index (κ1) is 18.7. The van der Waals surface area contributed by atoms with Crippen molar-refractivity contribution in [1.29, 1.82) is 0 Å². The van der Waals surface area contributed by atoms with Gasteiger partial charge in [0.1, 0.15) is 10.6 Å². The van der Waals surface area contributed by atoms with Crippen LogP contribution in [0.2, 0.25) is 0 Å². The molecule has 0 N–H and O–H groups in total. The number of fused-ring (bicyclic) bond motifs is 1. The lowest BCUT2D eigenvalue weighted by atomic mass is 9.79. The second-order valence-corrected chi connectivity index (χ2v) is 9.05. The standard InChI is InChI=1S/C18H24N2O5S/c1-11-17(12(2)25-19-11)26(21,22)20-9-13-7-15(23-5)16(24-6)8-14(13)18(3,4)10-20/h7-8H,9-10H2,1-6H3. The molecule has 0 unspecified atom stereocenters. The maximum Gasteiger partial charge on any atom is 0.248 e. The van der Waals surface area contributed by atoms with Crippen LogP contribution in [-0.2, 0) is 22.0 Å². The first-order valence-electron chi connectivity index (χ1n) is 8.30. The van der Waals surface area contributed by atoms with E-state index in [0.29, 0.717) is 29.5 Å². The van der Waals surface area contributed by atoms with E-state index in [2.05, 4.69) is 5.16 Å². The number of sulfonamides is 1. The van der Waals surface area contributed by atoms with E-state index in [-0.39, 0.29) is 16.9 Å². The minimum Gasteiger partial charge on any atom is -0.493 e. The van der Waals surface area contributed by atoms with Crippen molar-refractivity contribution in [2.75, 3.05) is 20.8 Å². The molecule has 0 fully saturated rings. The molecule has 1 aromatic heterocycles. The highest BCUT2D eigenvalue weighted by Gasteiger charge is 2.40. The molecule has 0 aliphatic carbocycles. The van der Waals surface area contributed by atoms with Crippen molar-refractivity contribution in [1.82, 2.24) is 9.46 Å². The number of methoxy groups -OCH3 is 2. The molecular formula is C18H24N2O5S. The summed E-state index contributed by atoms with van der Waals surface area (Å²) in [6.45, 7) is 7.90. The lowest BCUT2D eigenvalue weighted by Crippen LogP contribution is -2.45. The van der Waals surface area contributed by atoms with Gasteiger partial charge in [-0.2, -0.15) is 4.31 Å². The third kappa shape index (κ3) is 2.87. The zero-order valence-electron chi connectivity index (χ0n) is 15.9. The van der Waals surface area contributed by atoms with Gasteiger partial charge in [0.15, 0.2) is 17.3 Å². The summed E-state index contributed by atoms with van der Waals surface area (Å²) >= 11 is 0. The minimum absolute atomic E-state index is 0.150. The SMILES string of the molecule is COc1cc2c(cc1OC)C(C)(C)CN(S(=O)(=O)c1c(C)noc1C)C2. The van der Waals surface area contributed by atoms with E-state index in [9.17, 15) is 8.42 Å². The van der Waals surface area contributed by atoms with Crippen molar-refractivity contribution in [2.45, 2.75) is 44.6 Å². The maximum absolute atomic E-state index is 13.2. The van der Waals surface area contributed by atoms with Crippen LogP contribution in [0.5, 0.6) is 11.5 Å². The molecule has 0 amide bonds. The number of ether oxygens (including phenoxy) is 2. The molecule has 1 aliphatic heterocycles. The van der Waals surface area contributed by atoms with E-state index in [1.165, 1.54) is 4.31 Å². The molecule has 1 aliphatic rings. The van der Waals surface area contributed by atoms with Gasteiger partial charge in [-0.3, -0.25) is 0 Å². The molecule has 2 heterocycles. The second kappa shape index (κ2) is 6.28. The quantitative estimate of drug-likeness (QED) is 0.811. The Hall–Kier alpha value is -2.06. The average Bonchev–Trinajstić information content (AvgIpc) is 2.92. The van der Waals surface area contributed by atoms with Crippen LogP contribution in [0.15, 0.2) is 21.6 Å². The van der Waals surface area contributed by atoms with Crippen LogP contribution in [0.25, 0.3) is 0 Å². The summed E-state index contributed by atoms with van der Waals surface area (Å²) in [5, 5.41) is 3.79. The topological polar surface area (TPSA) is 81.9 Å². The summed E-state index contributed by atoms with van der Waals surface area (Å²) in [7, 11) is -0.566. The Morgan fingerprint density at radius 2 is 1.77 bits per heavy atom. The molecule has 0 saturated carbocycles. The zero-order valence-corrected chi connectivity index (χ0v) is 16.7. The molecule has 0 saturated heterocycles. The zero-order chi connectivity index (χ0) is 19.3. The second-order valence-electron chi connectivity index (χ2n) is 7.17. The van der Waals surface area contributed by atoms with Crippen molar-refractivity contribution in [2.24, 2.45) is 0 Å². The van der Waals surface area contributed by atoms with E-state index in [1.807, 2.05) is 26.0 Å². The van der Waals surface area contributed by atoms with Crippen molar-refractivity contribution in [3.8, 4) is 11.5 Å². The third-order valence-electron chi connectivity index (χ3n) is 4.82. The van der Waals surface area contributed by atoms with Crippen molar-refractivity contribution >= 4 is 10.0 Å². The fourth-order valence-electron chi connectivity index (χ4n) is 3.60. The van der Waals surface area contributed by atoms with Gasteiger partial charge in [-0.1, -0.05) is 19.0 Å². The Morgan fingerprint density at radius 3 is 2.31 bits per heavy atom. The van der Waals surface area contributed by atoms with Gasteiger partial charge < -0.3 is 14.0 Å². The van der Waals surface area contributed by atoms with Gasteiger partial charge in [-0.15, -0.1) is 0 Å². The number of rotatable bonds is 4. The van der Waals surface area contributed by atoms with Crippen LogP contribution in [0.1, 0.15) is 36.4 Å². The van der Waals surface area contributed by atoms with E-state index < -0.39 is 10.0 Å². The number of nitrogens with zero attached hydrogens (tertiary/aromatic N) is 2. The normalized spacial score (nSPS) is 17.0. The van der Waals surface area contributed by atoms with Gasteiger partial charge in [0.25, 0.3) is 0 Å². The Bertz CT molecular complexity index is 927. The van der Waals surface area contributed by atoms with E-state index in [0.717, 1.165) is 11.1 Å². The molecule has 142 valence electrons. The maximum atomic E-state index is 13.2. The van der Waals surface area contributed by atoms with Crippen LogP contribution in [0.3, 0.4) is 0 Å². The van der Waals surface area contributed by atoms with Gasteiger partial charge >= 0.3 is 0 Å². The lowest BCUT2D eigenvalue weighted by Gasteiger charge is -2.39. The number of aromatic nitrogens is 1. The molecule has 0 bridgehead atoms. The van der Waals surface area contributed by atoms with Crippen molar-refractivity contribution in [3.05, 3.63) is 34.7 Å². The van der Waals surface area contributed by atoms with E-state index in [1.54, 1.807) is 28.1 Å². The van der Waals surface area contributed by atoms with Gasteiger partial charge in [0.05, 0.1) is 14.2 Å². The Morgan fingerprint density at radius 1 is 1.15 bits per heavy atom. The Kier molecular flexibility index (Phi) is 4.52. The summed E-state index contributed by atoms with van der Waals surface area (Å²) in [5.41, 5.74) is 1.94. The largest absolute Gasteiger partial charge is 0.493 e. The summed E-state index contributed by atoms with van der Waals surface area (Å²) < 4.78 is 43.8. The molecule has 0 radical (unpaired) electrons. The number of hydrogen-bond acceptors (Lipinski definition) is 6. The molecule has 8 heteroatoms. The van der Waals surface area contributed by atoms with Gasteiger partial charge in [0, 0.05) is 18.5 Å². The van der Waals surface area contributed by atoms with Crippen LogP contribution in [0.4, 0.5) is 0 Å². The highest BCUT2D eigenvalue weighted by molar-refractivity contribution is 7.89. The summed E-state index contributed by atoms with van der Waals surface area (Å²) in [5.74, 6) is 1.53. The van der Waals surface area contributed by atoms with Crippen LogP contribution < -0.4 is 9.47 Å². The van der Waals surface area contributed by atoms with Crippen molar-refractivity contribution in [3.63, 3.8) is 0 Å². The average molecular weight is 380 g/mol. The number of benzene rings is 1. The van der Waals surface area contributed by atoms with Crippen LogP contribution >= 0.6 is 0 Å². The summed E-state index contributed by atoms with van der Waals surface area (Å²) in [6, 6.07) is 3.79. The predicted octanol–water partition coefficient (Wildman–Crippen LogP) is 2.79. The van der Waals surface area contributed by atoms with E-state index in [4.69, 9.17) is 14.0 Å². The highest BCUT2D eigenvalue weighted by atomic mass is 32.2. The molecular weight excluding hydrogens is 356 g/mol. The predicted molar refractivity (Wildman–Crippen MR) is 96.1 cm³/mol. The van der Waals surface area contributed by atoms with Crippen molar-refractivity contribution < 1.29 is 22.4 Å². The molecule has 0 spiro atoms. The Labute approximate surface area is 153 Å². The fraction of sp³-hybridized carbons (Fsp3) is 0.500. The molecule has 0 atom stereocenters. The number of hydrogen-bond donors (Lipinski definition) is 0. The van der Waals surface area contributed by atoms with Crippen LogP contribution in [0, 0.1) is 13.8 Å². The highest BCUT2D eigenvalue weighted by Crippen LogP contribution is 2.41. The summed E-state index contributed by atoms with van der Waals surface area (Å²) in [4.78, 5) is 0.150. The van der Waals surface area contributed by atoms with Gasteiger partial charge in [-0.05, 0) is 37.1 Å².